The van der Waals surface area contributed by atoms with Crippen LogP contribution < -0.4 is 0 Å². The molecule has 1 saturated carbocycles. The molecule has 2 rings (SSSR count). The van der Waals surface area contributed by atoms with Crippen molar-refractivity contribution in [2.45, 2.75) is 30.6 Å². The van der Waals surface area contributed by atoms with Crippen LogP contribution in [0.25, 0.3) is 0 Å². The lowest BCUT2D eigenvalue weighted by atomic mass is 10.1. The van der Waals surface area contributed by atoms with Gasteiger partial charge in [0.25, 0.3) is 0 Å². The summed E-state index contributed by atoms with van der Waals surface area (Å²) in [6, 6.07) is 4.96. The van der Waals surface area contributed by atoms with E-state index in [0.29, 0.717) is 5.02 Å². The molecule has 1 aromatic rings. The fraction of sp³-hybridized carbons (Fsp3) is 0.462. The molecule has 0 heterocycles. The molecule has 0 amide bonds. The van der Waals surface area contributed by atoms with Crippen LogP contribution in [-0.4, -0.2) is 16.8 Å². The summed E-state index contributed by atoms with van der Waals surface area (Å²) in [5.41, 5.74) is 0.250. The van der Waals surface area contributed by atoms with Gasteiger partial charge in [-0.25, -0.2) is 4.79 Å². The number of carboxylic acids is 1. The molecule has 0 radical (unpaired) electrons. The maximum absolute atomic E-state index is 10.8. The second-order valence-corrected chi connectivity index (χ2v) is 5.88. The van der Waals surface area contributed by atoms with Gasteiger partial charge in [-0.15, -0.1) is 11.8 Å². The third kappa shape index (κ3) is 3.39. The van der Waals surface area contributed by atoms with Gasteiger partial charge in [-0.2, -0.15) is 0 Å². The molecule has 0 saturated heterocycles. The van der Waals surface area contributed by atoms with Gasteiger partial charge in [0, 0.05) is 10.6 Å². The average molecular weight is 271 g/mol. The molecule has 0 unspecified atom stereocenters. The summed E-state index contributed by atoms with van der Waals surface area (Å²) in [6.45, 7) is 0. The molecular formula is C13H15ClO2S. The summed E-state index contributed by atoms with van der Waals surface area (Å²) in [4.78, 5) is 11.8. The van der Waals surface area contributed by atoms with Crippen molar-refractivity contribution in [3.05, 3.63) is 28.8 Å². The van der Waals surface area contributed by atoms with Crippen molar-refractivity contribution >= 4 is 29.3 Å². The van der Waals surface area contributed by atoms with Gasteiger partial charge in [-0.05, 0) is 37.0 Å². The Kier molecular flexibility index (Phi) is 4.35. The summed E-state index contributed by atoms with van der Waals surface area (Å²) in [5.74, 6) is 0.959. The number of carbonyl (C=O) groups is 1. The largest absolute Gasteiger partial charge is 0.478 e. The van der Waals surface area contributed by atoms with E-state index in [4.69, 9.17) is 16.7 Å². The molecule has 0 bridgehead atoms. The maximum Gasteiger partial charge on any atom is 0.335 e. The first-order valence-corrected chi connectivity index (χ1v) is 7.19. The number of hydrogen-bond acceptors (Lipinski definition) is 2. The number of rotatable bonds is 4. The lowest BCUT2D eigenvalue weighted by Gasteiger charge is -2.09. The molecular weight excluding hydrogens is 256 g/mol. The van der Waals surface area contributed by atoms with Crippen LogP contribution in [0, 0.1) is 5.92 Å². The van der Waals surface area contributed by atoms with E-state index in [0.717, 1.165) is 16.6 Å². The Morgan fingerprint density at radius 1 is 1.41 bits per heavy atom. The lowest BCUT2D eigenvalue weighted by molar-refractivity contribution is 0.0697. The predicted molar refractivity (Wildman–Crippen MR) is 71.1 cm³/mol. The lowest BCUT2D eigenvalue weighted by Crippen LogP contribution is -1.98. The topological polar surface area (TPSA) is 37.3 Å². The second kappa shape index (κ2) is 5.78. The van der Waals surface area contributed by atoms with Crippen molar-refractivity contribution in [1.29, 1.82) is 0 Å². The summed E-state index contributed by atoms with van der Waals surface area (Å²) < 4.78 is 0. The number of carboxylic acid groups (broad SMARTS) is 1. The first kappa shape index (κ1) is 12.8. The first-order chi connectivity index (χ1) is 8.16. The Bertz CT molecular complexity index is 414. The third-order valence-corrected chi connectivity index (χ3v) is 4.86. The highest BCUT2D eigenvalue weighted by atomic mass is 35.5. The Hall–Kier alpha value is -0.670. The highest BCUT2D eigenvalue weighted by Crippen LogP contribution is 2.34. The standard InChI is InChI=1S/C13H15ClO2S/c14-11-7-10(13(15)16)5-6-12(11)17-8-9-3-1-2-4-9/h5-7,9H,1-4,8H2,(H,15,16). The molecule has 17 heavy (non-hydrogen) atoms. The van der Waals surface area contributed by atoms with E-state index in [1.807, 2.05) is 6.07 Å². The van der Waals surface area contributed by atoms with E-state index in [9.17, 15) is 4.79 Å². The minimum atomic E-state index is -0.931. The van der Waals surface area contributed by atoms with Crippen molar-refractivity contribution in [3.63, 3.8) is 0 Å². The number of thioether (sulfide) groups is 1. The van der Waals surface area contributed by atoms with Crippen LogP contribution in [-0.2, 0) is 0 Å². The summed E-state index contributed by atoms with van der Waals surface area (Å²) >= 11 is 7.81. The van der Waals surface area contributed by atoms with Crippen molar-refractivity contribution in [3.8, 4) is 0 Å². The summed E-state index contributed by atoms with van der Waals surface area (Å²) in [6.07, 6.45) is 5.32. The molecule has 2 nitrogen and oxygen atoms in total. The van der Waals surface area contributed by atoms with E-state index in [1.165, 1.54) is 31.7 Å². The zero-order valence-corrected chi connectivity index (χ0v) is 11.1. The fourth-order valence-electron chi connectivity index (χ4n) is 2.14. The number of hydrogen-bond donors (Lipinski definition) is 1. The molecule has 1 aromatic carbocycles. The van der Waals surface area contributed by atoms with Gasteiger partial charge in [0.05, 0.1) is 10.6 Å². The zero-order chi connectivity index (χ0) is 12.3. The van der Waals surface area contributed by atoms with Crippen LogP contribution in [0.4, 0.5) is 0 Å². The van der Waals surface area contributed by atoms with Crippen LogP contribution in [0.15, 0.2) is 23.1 Å². The molecule has 92 valence electrons. The molecule has 0 atom stereocenters. The Morgan fingerprint density at radius 3 is 2.71 bits per heavy atom. The van der Waals surface area contributed by atoms with Gasteiger partial charge >= 0.3 is 5.97 Å². The highest BCUT2D eigenvalue weighted by Gasteiger charge is 2.16. The Balaban J connectivity index is 1.98. The molecule has 4 heteroatoms. The van der Waals surface area contributed by atoms with Crippen LogP contribution >= 0.6 is 23.4 Å². The van der Waals surface area contributed by atoms with Crippen molar-refractivity contribution < 1.29 is 9.90 Å². The minimum absolute atomic E-state index is 0.250. The minimum Gasteiger partial charge on any atom is -0.478 e. The maximum atomic E-state index is 10.8. The predicted octanol–water partition coefficient (Wildman–Crippen LogP) is 4.32. The summed E-state index contributed by atoms with van der Waals surface area (Å²) in [5, 5.41) is 9.39. The fourth-order valence-corrected chi connectivity index (χ4v) is 3.59. The smallest absolute Gasteiger partial charge is 0.335 e. The molecule has 1 aliphatic carbocycles. The van der Waals surface area contributed by atoms with Gasteiger partial charge < -0.3 is 5.11 Å². The first-order valence-electron chi connectivity index (χ1n) is 5.82. The molecule has 0 spiro atoms. The highest BCUT2D eigenvalue weighted by molar-refractivity contribution is 7.99. The van der Waals surface area contributed by atoms with Crippen LogP contribution in [0.3, 0.4) is 0 Å². The zero-order valence-electron chi connectivity index (χ0n) is 9.49. The SMILES string of the molecule is O=C(O)c1ccc(SCC2CCCC2)c(Cl)c1. The Labute approximate surface area is 110 Å². The third-order valence-electron chi connectivity index (χ3n) is 3.13. The van der Waals surface area contributed by atoms with Crippen LogP contribution in [0.1, 0.15) is 36.0 Å². The van der Waals surface area contributed by atoms with Gasteiger partial charge in [0.2, 0.25) is 0 Å². The van der Waals surface area contributed by atoms with Crippen molar-refractivity contribution in [2.75, 3.05) is 5.75 Å². The van der Waals surface area contributed by atoms with Gasteiger partial charge in [-0.1, -0.05) is 24.4 Å². The van der Waals surface area contributed by atoms with Crippen molar-refractivity contribution in [2.24, 2.45) is 5.92 Å². The monoisotopic (exact) mass is 270 g/mol. The number of benzene rings is 1. The van der Waals surface area contributed by atoms with E-state index < -0.39 is 5.97 Å². The average Bonchev–Trinajstić information content (AvgIpc) is 2.80. The molecule has 1 aliphatic rings. The molecule has 1 N–H and O–H groups in total. The second-order valence-electron chi connectivity index (χ2n) is 4.41. The van der Waals surface area contributed by atoms with E-state index in [2.05, 4.69) is 0 Å². The van der Waals surface area contributed by atoms with Crippen LogP contribution in [0.2, 0.25) is 5.02 Å². The molecule has 0 aliphatic heterocycles. The molecule has 1 fully saturated rings. The normalized spacial score (nSPS) is 16.3. The van der Waals surface area contributed by atoms with Gasteiger partial charge in [0.1, 0.15) is 0 Å². The quantitative estimate of drug-likeness (QED) is 0.828. The van der Waals surface area contributed by atoms with E-state index >= 15 is 0 Å². The van der Waals surface area contributed by atoms with E-state index in [-0.39, 0.29) is 5.56 Å². The number of halogens is 1. The van der Waals surface area contributed by atoms with Crippen LogP contribution in [0.5, 0.6) is 0 Å². The van der Waals surface area contributed by atoms with E-state index in [1.54, 1.807) is 17.8 Å². The summed E-state index contributed by atoms with van der Waals surface area (Å²) in [7, 11) is 0. The Morgan fingerprint density at radius 2 is 2.12 bits per heavy atom. The van der Waals surface area contributed by atoms with Gasteiger partial charge in [-0.3, -0.25) is 0 Å². The number of aromatic carboxylic acids is 1. The molecule has 0 aromatic heterocycles. The van der Waals surface area contributed by atoms with Crippen molar-refractivity contribution in [1.82, 2.24) is 0 Å². The van der Waals surface area contributed by atoms with Gasteiger partial charge in [0.15, 0.2) is 0 Å².